The quantitative estimate of drug-likeness (QED) is 0.210. The van der Waals surface area contributed by atoms with Crippen molar-refractivity contribution in [3.05, 3.63) is 95.1 Å². The highest BCUT2D eigenvalue weighted by Gasteiger charge is 2.67. The van der Waals surface area contributed by atoms with Crippen molar-refractivity contribution in [2.75, 3.05) is 19.6 Å². The lowest BCUT2D eigenvalue weighted by Crippen LogP contribution is -2.69. The molecule has 5 atom stereocenters. The Bertz CT molecular complexity index is 1660. The molecule has 0 radical (unpaired) electrons. The maximum absolute atomic E-state index is 14.3. The predicted octanol–water partition coefficient (Wildman–Crippen LogP) is 5.75. The highest BCUT2D eigenvalue weighted by Crippen LogP contribution is 2.64. The number of likely N-dealkylation sites (tertiary alicyclic amines) is 1. The molecule has 7 rings (SSSR count). The van der Waals surface area contributed by atoms with E-state index in [1.807, 2.05) is 42.5 Å². The van der Waals surface area contributed by atoms with Crippen LogP contribution in [0.1, 0.15) is 62.3 Å². The minimum atomic E-state index is -3.64. The van der Waals surface area contributed by atoms with Crippen molar-refractivity contribution in [1.29, 1.82) is 0 Å². The lowest BCUT2D eigenvalue weighted by molar-refractivity contribution is -0.132. The van der Waals surface area contributed by atoms with E-state index in [1.165, 1.54) is 18.1 Å². The lowest BCUT2D eigenvalue weighted by Gasteiger charge is -2.60. The summed E-state index contributed by atoms with van der Waals surface area (Å²) in [5.41, 5.74) is 4.04. The fourth-order valence-corrected chi connectivity index (χ4v) is 11.0. The second-order valence-electron chi connectivity index (χ2n) is 13.8. The van der Waals surface area contributed by atoms with Crippen LogP contribution in [0.3, 0.4) is 0 Å². The molecular formula is C37H44N2O5S. The fraction of sp³-hybridized carbons (Fsp3) is 0.486. The maximum Gasteiger partial charge on any atom is 0.308 e. The summed E-state index contributed by atoms with van der Waals surface area (Å²) in [5.74, 6) is 1.61. The van der Waals surface area contributed by atoms with Gasteiger partial charge in [0.15, 0.2) is 0 Å². The molecule has 45 heavy (non-hydrogen) atoms. The van der Waals surface area contributed by atoms with E-state index >= 15 is 0 Å². The molecule has 8 heteroatoms. The van der Waals surface area contributed by atoms with Gasteiger partial charge in [0.05, 0.1) is 11.8 Å². The Hall–Kier alpha value is -3.20. The molecule has 238 valence electrons. The van der Waals surface area contributed by atoms with Crippen LogP contribution in [0.25, 0.3) is 0 Å². The van der Waals surface area contributed by atoms with Gasteiger partial charge in [-0.25, -0.2) is 8.42 Å². The second-order valence-corrected chi connectivity index (χ2v) is 15.8. The van der Waals surface area contributed by atoms with Crippen LogP contribution in [0.15, 0.2) is 72.8 Å². The third-order valence-electron chi connectivity index (χ3n) is 10.7. The summed E-state index contributed by atoms with van der Waals surface area (Å²) in [6, 6.07) is 24.0. The predicted molar refractivity (Wildman–Crippen MR) is 175 cm³/mol. The first-order chi connectivity index (χ1) is 21.7. The van der Waals surface area contributed by atoms with Crippen molar-refractivity contribution >= 4 is 16.0 Å². The van der Waals surface area contributed by atoms with Gasteiger partial charge < -0.3 is 9.47 Å². The van der Waals surface area contributed by atoms with Crippen molar-refractivity contribution in [2.45, 2.75) is 82.2 Å². The van der Waals surface area contributed by atoms with E-state index in [2.05, 4.69) is 49.1 Å². The smallest absolute Gasteiger partial charge is 0.308 e. The van der Waals surface area contributed by atoms with Gasteiger partial charge in [0.2, 0.25) is 10.0 Å². The van der Waals surface area contributed by atoms with E-state index in [0.717, 1.165) is 62.1 Å². The van der Waals surface area contributed by atoms with E-state index in [0.29, 0.717) is 18.2 Å². The maximum atomic E-state index is 14.3. The Morgan fingerprint density at radius 1 is 1.02 bits per heavy atom. The Morgan fingerprint density at radius 2 is 1.73 bits per heavy atom. The van der Waals surface area contributed by atoms with Gasteiger partial charge in [0.1, 0.15) is 17.6 Å². The minimum absolute atomic E-state index is 0.0229. The van der Waals surface area contributed by atoms with Gasteiger partial charge in [-0.3, -0.25) is 9.69 Å². The third-order valence-corrected chi connectivity index (χ3v) is 12.5. The van der Waals surface area contributed by atoms with Crippen LogP contribution in [-0.4, -0.2) is 61.4 Å². The number of ether oxygens (including phenoxy) is 2. The summed E-state index contributed by atoms with van der Waals surface area (Å²) >= 11 is 0. The highest BCUT2D eigenvalue weighted by atomic mass is 32.2. The van der Waals surface area contributed by atoms with Crippen LogP contribution in [0.5, 0.6) is 11.5 Å². The van der Waals surface area contributed by atoms with Gasteiger partial charge >= 0.3 is 5.97 Å². The SMILES string of the molecule is CC(=O)Oc1ccc2c3c1C[C@@H]1[C@@H]4CC[C@H](N(CC(C)C)S(=O)(=O)Cc5ccccc5)[C@H](O2)[C@]34CCN1CCc1ccccc1. The molecule has 2 aliphatic heterocycles. The average Bonchev–Trinajstić information content (AvgIpc) is 3.34. The Labute approximate surface area is 267 Å². The molecule has 1 spiro atoms. The highest BCUT2D eigenvalue weighted by molar-refractivity contribution is 7.88. The first-order valence-electron chi connectivity index (χ1n) is 16.5. The zero-order valence-electron chi connectivity index (χ0n) is 26.5. The number of sulfonamides is 1. The molecule has 2 fully saturated rings. The first kappa shape index (κ1) is 30.5. The van der Waals surface area contributed by atoms with Crippen LogP contribution in [0.2, 0.25) is 0 Å². The van der Waals surface area contributed by atoms with Crippen molar-refractivity contribution in [2.24, 2.45) is 11.8 Å². The van der Waals surface area contributed by atoms with Crippen LogP contribution in [-0.2, 0) is 38.8 Å². The largest absolute Gasteiger partial charge is 0.487 e. The van der Waals surface area contributed by atoms with E-state index in [9.17, 15) is 13.2 Å². The molecule has 2 aliphatic carbocycles. The molecule has 0 N–H and O–H groups in total. The standard InChI is InChI=1S/C37H44N2O5S/c1-25(2)23-39(45(41,42)24-28-12-8-5-9-13-28)31-15-14-30-32-22-29-33(43-26(3)40)16-17-34-35(29)37(30,36(31)44-34)19-21-38(32)20-18-27-10-6-4-7-11-27/h4-13,16-17,25,30-32,36H,14-15,18-24H2,1-3H3/t30-,31-,32+,36-,37-/m0/s1. The molecule has 1 saturated carbocycles. The molecule has 0 aromatic heterocycles. The number of nitrogens with zero attached hydrogens (tertiary/aromatic N) is 2. The third kappa shape index (κ3) is 5.38. The summed E-state index contributed by atoms with van der Waals surface area (Å²) in [4.78, 5) is 14.9. The van der Waals surface area contributed by atoms with Gasteiger partial charge in [0.25, 0.3) is 0 Å². The zero-order valence-corrected chi connectivity index (χ0v) is 27.3. The van der Waals surface area contributed by atoms with E-state index in [-0.39, 0.29) is 41.2 Å². The fourth-order valence-electron chi connectivity index (χ4n) is 9.02. The number of rotatable bonds is 10. The van der Waals surface area contributed by atoms with E-state index in [4.69, 9.17) is 9.47 Å². The number of esters is 1. The molecule has 2 heterocycles. The molecule has 7 nitrogen and oxygen atoms in total. The second kappa shape index (κ2) is 11.9. The van der Waals surface area contributed by atoms with Crippen LogP contribution in [0.4, 0.5) is 0 Å². The molecule has 0 amide bonds. The summed E-state index contributed by atoms with van der Waals surface area (Å²) in [5, 5.41) is 0. The number of hydrogen-bond acceptors (Lipinski definition) is 6. The van der Waals surface area contributed by atoms with Crippen molar-refractivity contribution in [1.82, 2.24) is 9.21 Å². The molecule has 3 aromatic carbocycles. The van der Waals surface area contributed by atoms with Gasteiger partial charge in [-0.2, -0.15) is 4.31 Å². The van der Waals surface area contributed by atoms with Crippen molar-refractivity contribution in [3.8, 4) is 11.5 Å². The molecule has 3 aromatic rings. The minimum Gasteiger partial charge on any atom is -0.487 e. The molecule has 4 aliphatic rings. The first-order valence-corrected chi connectivity index (χ1v) is 18.1. The lowest BCUT2D eigenvalue weighted by atomic mass is 9.51. The van der Waals surface area contributed by atoms with Gasteiger partial charge in [-0.05, 0) is 73.7 Å². The number of benzene rings is 3. The van der Waals surface area contributed by atoms with Crippen LogP contribution in [0, 0.1) is 11.8 Å². The van der Waals surface area contributed by atoms with Crippen molar-refractivity contribution in [3.63, 3.8) is 0 Å². The number of hydrogen-bond donors (Lipinski definition) is 0. The Balaban J connectivity index is 1.28. The van der Waals surface area contributed by atoms with E-state index in [1.54, 1.807) is 4.31 Å². The van der Waals surface area contributed by atoms with Crippen LogP contribution < -0.4 is 9.47 Å². The summed E-state index contributed by atoms with van der Waals surface area (Å²) in [7, 11) is -3.64. The molecule has 2 bridgehead atoms. The molecular weight excluding hydrogens is 584 g/mol. The summed E-state index contributed by atoms with van der Waals surface area (Å²) in [6.07, 6.45) is 4.08. The number of carbonyl (C=O) groups is 1. The van der Waals surface area contributed by atoms with Crippen molar-refractivity contribution < 1.29 is 22.7 Å². The Kier molecular flexibility index (Phi) is 8.03. The summed E-state index contributed by atoms with van der Waals surface area (Å²) in [6.45, 7) is 7.97. The van der Waals surface area contributed by atoms with E-state index < -0.39 is 10.0 Å². The normalized spacial score (nSPS) is 26.9. The number of piperidine rings is 1. The van der Waals surface area contributed by atoms with Gasteiger partial charge in [-0.1, -0.05) is 74.5 Å². The zero-order chi connectivity index (χ0) is 31.3. The number of carbonyl (C=O) groups excluding carboxylic acids is 1. The monoisotopic (exact) mass is 628 g/mol. The molecule has 1 saturated heterocycles. The average molecular weight is 629 g/mol. The summed E-state index contributed by atoms with van der Waals surface area (Å²) < 4.78 is 43.1. The topological polar surface area (TPSA) is 76.1 Å². The van der Waals surface area contributed by atoms with Gasteiger partial charge in [0, 0.05) is 42.6 Å². The van der Waals surface area contributed by atoms with Crippen LogP contribution >= 0.6 is 0 Å². The Morgan fingerprint density at radius 3 is 2.42 bits per heavy atom. The van der Waals surface area contributed by atoms with Gasteiger partial charge in [-0.15, -0.1) is 0 Å². The molecule has 0 unspecified atom stereocenters.